The average molecular weight is 409 g/mol. The number of amides is 2. The summed E-state index contributed by atoms with van der Waals surface area (Å²) < 4.78 is 5.31. The number of hydrogen-bond donors (Lipinski definition) is 1. The molecule has 1 atom stereocenters. The first kappa shape index (κ1) is 20.6. The van der Waals surface area contributed by atoms with E-state index < -0.39 is 12.1 Å². The molecule has 0 bridgehead atoms. The second kappa shape index (κ2) is 10.4. The van der Waals surface area contributed by atoms with E-state index in [1.807, 2.05) is 78.2 Å². The molecule has 2 aromatic carbocycles. The quantitative estimate of drug-likeness (QED) is 0.606. The predicted octanol–water partition coefficient (Wildman–Crippen LogP) is 4.24. The lowest BCUT2D eigenvalue weighted by atomic mass is 10.0. The zero-order chi connectivity index (χ0) is 20.5. The van der Waals surface area contributed by atoms with Gasteiger partial charge in [0.1, 0.15) is 12.6 Å². The van der Waals surface area contributed by atoms with Gasteiger partial charge in [-0.15, -0.1) is 11.3 Å². The van der Waals surface area contributed by atoms with Gasteiger partial charge in [-0.3, -0.25) is 4.79 Å². The largest absolute Gasteiger partial charge is 0.445 e. The minimum absolute atomic E-state index is 0.154. The number of benzene rings is 2. The van der Waals surface area contributed by atoms with Crippen LogP contribution in [0.2, 0.25) is 0 Å². The van der Waals surface area contributed by atoms with Gasteiger partial charge in [0.25, 0.3) is 0 Å². The topological polar surface area (TPSA) is 58.6 Å². The summed E-state index contributed by atoms with van der Waals surface area (Å²) in [5, 5.41) is 4.73. The highest BCUT2D eigenvalue weighted by Gasteiger charge is 2.25. The summed E-state index contributed by atoms with van der Waals surface area (Å²) in [6.45, 7) is 0.659. The maximum absolute atomic E-state index is 13.0. The zero-order valence-electron chi connectivity index (χ0n) is 16.3. The Morgan fingerprint density at radius 3 is 2.24 bits per heavy atom. The molecule has 2 amide bonds. The molecule has 0 aliphatic rings. The molecule has 6 heteroatoms. The smallest absolute Gasteiger partial charge is 0.408 e. The maximum Gasteiger partial charge on any atom is 0.408 e. The average Bonchev–Trinajstić information content (AvgIpc) is 3.26. The molecule has 3 rings (SSSR count). The SMILES string of the molecule is CN(Cc1cccs1)C(=O)[C@@H](Cc1ccccc1)NC(=O)OCc1ccccc1. The number of nitrogens with zero attached hydrogens (tertiary/aromatic N) is 1. The fourth-order valence-corrected chi connectivity index (χ4v) is 3.69. The van der Waals surface area contributed by atoms with Crippen LogP contribution in [0.3, 0.4) is 0 Å². The molecule has 0 unspecified atom stereocenters. The number of hydrogen-bond acceptors (Lipinski definition) is 4. The molecule has 1 N–H and O–H groups in total. The molecule has 1 heterocycles. The lowest BCUT2D eigenvalue weighted by Gasteiger charge is -2.24. The van der Waals surface area contributed by atoms with E-state index in [0.717, 1.165) is 16.0 Å². The first-order valence-electron chi connectivity index (χ1n) is 9.40. The molecule has 29 heavy (non-hydrogen) atoms. The Labute approximate surface area is 174 Å². The molecular weight excluding hydrogens is 384 g/mol. The Morgan fingerprint density at radius 2 is 1.62 bits per heavy atom. The van der Waals surface area contributed by atoms with E-state index >= 15 is 0 Å². The van der Waals surface area contributed by atoms with Crippen molar-refractivity contribution in [1.29, 1.82) is 0 Å². The Morgan fingerprint density at radius 1 is 0.966 bits per heavy atom. The lowest BCUT2D eigenvalue weighted by Crippen LogP contribution is -2.48. The molecule has 0 aliphatic heterocycles. The summed E-state index contributed by atoms with van der Waals surface area (Å²) in [6, 6.07) is 22.3. The molecule has 0 aliphatic carbocycles. The molecule has 0 radical (unpaired) electrons. The van der Waals surface area contributed by atoms with Gasteiger partial charge in [0, 0.05) is 18.3 Å². The van der Waals surface area contributed by atoms with Gasteiger partial charge in [0.15, 0.2) is 0 Å². The number of carbonyl (C=O) groups is 2. The second-order valence-corrected chi connectivity index (χ2v) is 7.75. The minimum Gasteiger partial charge on any atom is -0.445 e. The van der Waals surface area contributed by atoms with Gasteiger partial charge in [-0.25, -0.2) is 4.79 Å². The van der Waals surface area contributed by atoms with E-state index in [9.17, 15) is 9.59 Å². The van der Waals surface area contributed by atoms with Crippen LogP contribution in [0.1, 0.15) is 16.0 Å². The molecular formula is C23H24N2O3S. The van der Waals surface area contributed by atoms with Crippen LogP contribution in [0, 0.1) is 0 Å². The van der Waals surface area contributed by atoms with Gasteiger partial charge in [0.2, 0.25) is 5.91 Å². The van der Waals surface area contributed by atoms with Crippen LogP contribution in [-0.4, -0.2) is 30.0 Å². The van der Waals surface area contributed by atoms with Crippen LogP contribution in [0.5, 0.6) is 0 Å². The Balaban J connectivity index is 1.64. The van der Waals surface area contributed by atoms with Crippen molar-refractivity contribution in [2.45, 2.75) is 25.6 Å². The molecule has 150 valence electrons. The van der Waals surface area contributed by atoms with Gasteiger partial charge in [-0.2, -0.15) is 0 Å². The van der Waals surface area contributed by atoms with Crippen LogP contribution in [-0.2, 0) is 29.1 Å². The predicted molar refractivity (Wildman–Crippen MR) is 114 cm³/mol. The normalized spacial score (nSPS) is 11.5. The van der Waals surface area contributed by atoms with Crippen molar-refractivity contribution < 1.29 is 14.3 Å². The maximum atomic E-state index is 13.0. The summed E-state index contributed by atoms with van der Waals surface area (Å²) in [4.78, 5) is 28.1. The van der Waals surface area contributed by atoms with Gasteiger partial charge in [-0.05, 0) is 22.6 Å². The summed E-state index contributed by atoms with van der Waals surface area (Å²) in [7, 11) is 1.75. The van der Waals surface area contributed by atoms with Crippen molar-refractivity contribution in [3.63, 3.8) is 0 Å². The third kappa shape index (κ3) is 6.47. The monoisotopic (exact) mass is 408 g/mol. The third-order valence-electron chi connectivity index (χ3n) is 4.43. The van der Waals surface area contributed by atoms with Gasteiger partial charge < -0.3 is 15.0 Å². The van der Waals surface area contributed by atoms with Gasteiger partial charge >= 0.3 is 6.09 Å². The standard InChI is InChI=1S/C23H24N2O3S/c1-25(16-20-13-8-14-29-20)22(26)21(15-18-9-4-2-5-10-18)24-23(27)28-17-19-11-6-3-7-12-19/h2-14,21H,15-17H2,1H3,(H,24,27)/t21-/m1/s1. The number of ether oxygens (including phenoxy) is 1. The van der Waals surface area contributed by atoms with E-state index in [2.05, 4.69) is 5.32 Å². The highest BCUT2D eigenvalue weighted by atomic mass is 32.1. The van der Waals surface area contributed by atoms with Crippen molar-refractivity contribution in [2.24, 2.45) is 0 Å². The fourth-order valence-electron chi connectivity index (χ4n) is 2.94. The first-order chi connectivity index (χ1) is 14.1. The molecule has 1 aromatic heterocycles. The van der Waals surface area contributed by atoms with Crippen molar-refractivity contribution in [3.8, 4) is 0 Å². The Kier molecular flexibility index (Phi) is 7.41. The number of likely N-dealkylation sites (N-methyl/N-ethyl adjacent to an activating group) is 1. The van der Waals surface area contributed by atoms with Crippen LogP contribution in [0.25, 0.3) is 0 Å². The highest BCUT2D eigenvalue weighted by molar-refractivity contribution is 7.09. The van der Waals surface area contributed by atoms with E-state index in [0.29, 0.717) is 13.0 Å². The number of alkyl carbamates (subject to hydrolysis) is 1. The third-order valence-corrected chi connectivity index (χ3v) is 5.30. The van der Waals surface area contributed by atoms with Crippen molar-refractivity contribution in [3.05, 3.63) is 94.2 Å². The van der Waals surface area contributed by atoms with Gasteiger partial charge in [0.05, 0.1) is 6.54 Å². The van der Waals surface area contributed by atoms with E-state index in [1.54, 1.807) is 23.3 Å². The summed E-state index contributed by atoms with van der Waals surface area (Å²) in [5.41, 5.74) is 1.86. The van der Waals surface area contributed by atoms with Crippen molar-refractivity contribution >= 4 is 23.3 Å². The zero-order valence-corrected chi connectivity index (χ0v) is 17.1. The van der Waals surface area contributed by atoms with Crippen LogP contribution >= 0.6 is 11.3 Å². The molecule has 0 saturated carbocycles. The molecule has 0 fully saturated rings. The number of thiophene rings is 1. The molecule has 3 aromatic rings. The van der Waals surface area contributed by atoms with Gasteiger partial charge in [-0.1, -0.05) is 66.7 Å². The second-order valence-electron chi connectivity index (χ2n) is 6.72. The molecule has 0 spiro atoms. The summed E-state index contributed by atoms with van der Waals surface area (Å²) in [6.07, 6.45) is -0.206. The number of rotatable bonds is 8. The molecule has 0 saturated heterocycles. The van der Waals surface area contributed by atoms with Crippen molar-refractivity contribution in [2.75, 3.05) is 7.05 Å². The Bertz CT molecular complexity index is 898. The van der Waals surface area contributed by atoms with E-state index in [4.69, 9.17) is 4.74 Å². The van der Waals surface area contributed by atoms with Crippen molar-refractivity contribution in [1.82, 2.24) is 10.2 Å². The summed E-state index contributed by atoms with van der Waals surface area (Å²) in [5.74, 6) is -0.154. The minimum atomic E-state index is -0.703. The lowest BCUT2D eigenvalue weighted by molar-refractivity contribution is -0.132. The van der Waals surface area contributed by atoms with Crippen LogP contribution < -0.4 is 5.32 Å². The number of nitrogens with one attached hydrogen (secondary N) is 1. The van der Waals surface area contributed by atoms with Crippen LogP contribution in [0.15, 0.2) is 78.2 Å². The van der Waals surface area contributed by atoms with E-state index in [-0.39, 0.29) is 12.5 Å². The van der Waals surface area contributed by atoms with Crippen LogP contribution in [0.4, 0.5) is 4.79 Å². The summed E-state index contributed by atoms with van der Waals surface area (Å²) >= 11 is 1.60. The highest BCUT2D eigenvalue weighted by Crippen LogP contribution is 2.13. The number of carbonyl (C=O) groups excluding carboxylic acids is 2. The Hall–Kier alpha value is -3.12. The molecule has 5 nitrogen and oxygen atoms in total. The first-order valence-corrected chi connectivity index (χ1v) is 10.3. The van der Waals surface area contributed by atoms with E-state index in [1.165, 1.54) is 0 Å². The fraction of sp³-hybridized carbons (Fsp3) is 0.217.